The number of fused-ring (bicyclic) bond motifs is 2. The standard InChI is InChI=1S/C21H21N7O2/c1-11(2)30-15-7-5-4-6-13(15)14-8-16(29)26-20-17(14)12(3)27-28(20)21-18-19(23-9-22-18)24-10-25-21/h4-7,9-11,14H,8H2,1-3H3,(H,26,29)(H,22,23,24,25)/t14-/m1/s1. The lowest BCUT2D eigenvalue weighted by atomic mass is 9.85. The van der Waals surface area contributed by atoms with Gasteiger partial charge in [-0.2, -0.15) is 9.78 Å². The van der Waals surface area contributed by atoms with E-state index in [1.165, 1.54) is 6.33 Å². The lowest BCUT2D eigenvalue weighted by Crippen LogP contribution is -2.25. The topological polar surface area (TPSA) is 111 Å². The molecule has 0 fully saturated rings. The molecule has 9 heteroatoms. The molecule has 0 unspecified atom stereocenters. The van der Waals surface area contributed by atoms with Crippen molar-refractivity contribution in [2.75, 3.05) is 5.32 Å². The molecule has 1 aromatic carbocycles. The number of aryl methyl sites for hydroxylation is 1. The van der Waals surface area contributed by atoms with E-state index in [4.69, 9.17) is 9.84 Å². The van der Waals surface area contributed by atoms with Gasteiger partial charge in [-0.1, -0.05) is 18.2 Å². The number of rotatable bonds is 4. The highest BCUT2D eigenvalue weighted by atomic mass is 16.5. The van der Waals surface area contributed by atoms with Crippen molar-refractivity contribution >= 4 is 22.9 Å². The van der Waals surface area contributed by atoms with Crippen LogP contribution in [0.5, 0.6) is 5.75 Å². The lowest BCUT2D eigenvalue weighted by molar-refractivity contribution is -0.116. The third-order valence-electron chi connectivity index (χ3n) is 5.16. The van der Waals surface area contributed by atoms with Gasteiger partial charge in [-0.3, -0.25) is 4.79 Å². The van der Waals surface area contributed by atoms with Crippen molar-refractivity contribution in [2.24, 2.45) is 0 Å². The zero-order valence-corrected chi connectivity index (χ0v) is 16.9. The summed E-state index contributed by atoms with van der Waals surface area (Å²) in [5.41, 5.74) is 3.94. The zero-order valence-electron chi connectivity index (χ0n) is 16.9. The van der Waals surface area contributed by atoms with Crippen LogP contribution in [0.3, 0.4) is 0 Å². The summed E-state index contributed by atoms with van der Waals surface area (Å²) in [5.74, 6) is 1.68. The number of ether oxygens (including phenoxy) is 1. The Morgan fingerprint density at radius 2 is 2.03 bits per heavy atom. The lowest BCUT2D eigenvalue weighted by Gasteiger charge is -2.26. The Morgan fingerprint density at radius 3 is 2.87 bits per heavy atom. The van der Waals surface area contributed by atoms with Crippen molar-refractivity contribution in [3.63, 3.8) is 0 Å². The first-order valence-electron chi connectivity index (χ1n) is 9.82. The highest BCUT2D eigenvalue weighted by molar-refractivity contribution is 5.95. The molecule has 152 valence electrons. The number of benzene rings is 1. The van der Waals surface area contributed by atoms with Crippen LogP contribution in [0.1, 0.15) is 43.0 Å². The fraction of sp³-hybridized carbons (Fsp3) is 0.286. The SMILES string of the molecule is Cc1nn(-c2ncnc3nc[nH]c23)c2c1[C@@H](c1ccccc1OC(C)C)CC(=O)N2. The number of carbonyl (C=O) groups excluding carboxylic acids is 1. The maximum absolute atomic E-state index is 12.7. The molecular weight excluding hydrogens is 382 g/mol. The molecule has 0 aliphatic carbocycles. The van der Waals surface area contributed by atoms with Gasteiger partial charge in [0.1, 0.15) is 23.4 Å². The largest absolute Gasteiger partial charge is 0.491 e. The van der Waals surface area contributed by atoms with E-state index in [2.05, 4.69) is 25.3 Å². The first kappa shape index (κ1) is 18.3. The van der Waals surface area contributed by atoms with Gasteiger partial charge in [-0.05, 0) is 26.8 Å². The minimum Gasteiger partial charge on any atom is -0.491 e. The number of anilines is 1. The molecule has 0 bridgehead atoms. The molecule has 0 spiro atoms. The van der Waals surface area contributed by atoms with Crippen LogP contribution in [0.15, 0.2) is 36.9 Å². The fourth-order valence-corrected chi connectivity index (χ4v) is 4.01. The minimum absolute atomic E-state index is 0.0292. The molecule has 3 aromatic heterocycles. The van der Waals surface area contributed by atoms with Gasteiger partial charge in [0, 0.05) is 23.5 Å². The highest BCUT2D eigenvalue weighted by Crippen LogP contribution is 2.43. The van der Waals surface area contributed by atoms with Crippen LogP contribution < -0.4 is 10.1 Å². The van der Waals surface area contributed by atoms with Crippen molar-refractivity contribution in [2.45, 2.75) is 39.2 Å². The third kappa shape index (κ3) is 2.90. The molecule has 4 heterocycles. The van der Waals surface area contributed by atoms with Gasteiger partial charge >= 0.3 is 0 Å². The molecule has 0 saturated carbocycles. The number of amides is 1. The van der Waals surface area contributed by atoms with Crippen molar-refractivity contribution in [1.82, 2.24) is 29.7 Å². The number of aromatic nitrogens is 6. The Kier molecular flexibility index (Phi) is 4.23. The summed E-state index contributed by atoms with van der Waals surface area (Å²) < 4.78 is 7.69. The van der Waals surface area contributed by atoms with Crippen molar-refractivity contribution in [3.8, 4) is 11.6 Å². The molecule has 9 nitrogen and oxygen atoms in total. The maximum atomic E-state index is 12.7. The quantitative estimate of drug-likeness (QED) is 0.542. The van der Waals surface area contributed by atoms with E-state index in [0.29, 0.717) is 29.2 Å². The van der Waals surface area contributed by atoms with Gasteiger partial charge in [0.15, 0.2) is 11.5 Å². The number of nitrogens with zero attached hydrogens (tertiary/aromatic N) is 5. The van der Waals surface area contributed by atoms with Crippen LogP contribution in [-0.4, -0.2) is 41.7 Å². The Bertz CT molecular complexity index is 1260. The Labute approximate surface area is 172 Å². The highest BCUT2D eigenvalue weighted by Gasteiger charge is 2.34. The molecule has 30 heavy (non-hydrogen) atoms. The van der Waals surface area contributed by atoms with Crippen molar-refractivity contribution in [3.05, 3.63) is 53.7 Å². The minimum atomic E-state index is -0.170. The van der Waals surface area contributed by atoms with E-state index in [0.717, 1.165) is 22.6 Å². The molecule has 1 atom stereocenters. The predicted molar refractivity (Wildman–Crippen MR) is 111 cm³/mol. The van der Waals surface area contributed by atoms with Gasteiger partial charge in [-0.15, -0.1) is 0 Å². The van der Waals surface area contributed by atoms with E-state index in [1.54, 1.807) is 11.0 Å². The van der Waals surface area contributed by atoms with Crippen LogP contribution in [0.25, 0.3) is 17.0 Å². The summed E-state index contributed by atoms with van der Waals surface area (Å²) in [6.07, 6.45) is 3.35. The first-order valence-corrected chi connectivity index (χ1v) is 9.82. The fourth-order valence-electron chi connectivity index (χ4n) is 4.01. The number of carbonyl (C=O) groups is 1. The molecule has 1 aliphatic heterocycles. The smallest absolute Gasteiger partial charge is 0.226 e. The van der Waals surface area contributed by atoms with Crippen LogP contribution in [-0.2, 0) is 4.79 Å². The van der Waals surface area contributed by atoms with Crippen LogP contribution in [0.4, 0.5) is 5.82 Å². The van der Waals surface area contributed by atoms with Crippen LogP contribution >= 0.6 is 0 Å². The number of imidazole rings is 1. The normalized spacial score (nSPS) is 16.0. The molecule has 1 aliphatic rings. The Hall–Kier alpha value is -3.75. The van der Waals surface area contributed by atoms with E-state index >= 15 is 0 Å². The number of hydrogen-bond acceptors (Lipinski definition) is 6. The van der Waals surface area contributed by atoms with Gasteiger partial charge < -0.3 is 15.0 Å². The molecular formula is C21H21N7O2. The van der Waals surface area contributed by atoms with Crippen molar-refractivity contribution in [1.29, 1.82) is 0 Å². The van der Waals surface area contributed by atoms with E-state index < -0.39 is 0 Å². The summed E-state index contributed by atoms with van der Waals surface area (Å²) in [6.45, 7) is 5.92. The van der Waals surface area contributed by atoms with Crippen LogP contribution in [0.2, 0.25) is 0 Å². The molecule has 5 rings (SSSR count). The van der Waals surface area contributed by atoms with Crippen molar-refractivity contribution < 1.29 is 9.53 Å². The molecule has 0 saturated heterocycles. The Balaban J connectivity index is 1.69. The van der Waals surface area contributed by atoms with Crippen LogP contribution in [0, 0.1) is 6.92 Å². The number of aromatic amines is 1. The Morgan fingerprint density at radius 1 is 1.20 bits per heavy atom. The summed E-state index contributed by atoms with van der Waals surface area (Å²) >= 11 is 0. The van der Waals surface area contributed by atoms with Gasteiger partial charge in [0.25, 0.3) is 0 Å². The second-order valence-corrected chi connectivity index (χ2v) is 7.57. The summed E-state index contributed by atoms with van der Waals surface area (Å²) in [4.78, 5) is 28.5. The number of H-pyrrole nitrogens is 1. The van der Waals surface area contributed by atoms with Gasteiger partial charge in [-0.25, -0.2) is 15.0 Å². The summed E-state index contributed by atoms with van der Waals surface area (Å²) in [6, 6.07) is 7.86. The average molecular weight is 403 g/mol. The monoisotopic (exact) mass is 403 g/mol. The van der Waals surface area contributed by atoms with E-state index in [9.17, 15) is 4.79 Å². The van der Waals surface area contributed by atoms with E-state index in [1.807, 2.05) is 45.0 Å². The van der Waals surface area contributed by atoms with Gasteiger partial charge in [0.05, 0.1) is 18.1 Å². The molecule has 0 radical (unpaired) electrons. The predicted octanol–water partition coefficient (Wildman–Crippen LogP) is 3.11. The third-order valence-corrected chi connectivity index (χ3v) is 5.16. The van der Waals surface area contributed by atoms with Gasteiger partial charge in [0.2, 0.25) is 5.91 Å². The number of hydrogen-bond donors (Lipinski definition) is 2. The average Bonchev–Trinajstić information content (AvgIpc) is 3.32. The maximum Gasteiger partial charge on any atom is 0.226 e. The van der Waals surface area contributed by atoms with E-state index in [-0.39, 0.29) is 17.9 Å². The number of para-hydroxylation sites is 1. The second-order valence-electron chi connectivity index (χ2n) is 7.57. The first-order chi connectivity index (χ1) is 14.5. The summed E-state index contributed by atoms with van der Waals surface area (Å²) in [7, 11) is 0. The summed E-state index contributed by atoms with van der Waals surface area (Å²) in [5, 5.41) is 7.71. The molecule has 4 aromatic rings. The second kappa shape index (κ2) is 6.94. The molecule has 1 amide bonds. The zero-order chi connectivity index (χ0) is 20.8. The molecule has 2 N–H and O–H groups in total. The number of nitrogens with one attached hydrogen (secondary N) is 2.